The molecule has 0 bridgehead atoms. The lowest BCUT2D eigenvalue weighted by atomic mass is 10.1. The highest BCUT2D eigenvalue weighted by Gasteiger charge is 2.40. The molecule has 4 nitrogen and oxygen atoms in total. The van der Waals surface area contributed by atoms with Crippen molar-refractivity contribution >= 4 is 23.2 Å². The van der Waals surface area contributed by atoms with E-state index in [0.717, 1.165) is 4.88 Å². The van der Waals surface area contributed by atoms with Crippen molar-refractivity contribution in [1.29, 1.82) is 0 Å². The van der Waals surface area contributed by atoms with E-state index in [2.05, 4.69) is 5.32 Å². The van der Waals surface area contributed by atoms with E-state index in [-0.39, 0.29) is 24.9 Å². The van der Waals surface area contributed by atoms with Gasteiger partial charge in [-0.3, -0.25) is 9.59 Å². The number of halogens is 3. The number of carbonyl (C=O) groups excluding carboxylic acids is 2. The van der Waals surface area contributed by atoms with Crippen molar-refractivity contribution in [3.05, 3.63) is 21.9 Å². The molecule has 2 amide bonds. The van der Waals surface area contributed by atoms with Crippen LogP contribution in [0.1, 0.15) is 23.1 Å². The summed E-state index contributed by atoms with van der Waals surface area (Å²) in [4.78, 5) is 26.8. The Labute approximate surface area is 136 Å². The van der Waals surface area contributed by atoms with Gasteiger partial charge < -0.3 is 10.2 Å². The fourth-order valence-corrected chi connectivity index (χ4v) is 3.64. The van der Waals surface area contributed by atoms with E-state index in [9.17, 15) is 22.8 Å². The first-order valence-electron chi connectivity index (χ1n) is 7.34. The van der Waals surface area contributed by atoms with Crippen LogP contribution in [0.2, 0.25) is 0 Å². The van der Waals surface area contributed by atoms with Crippen molar-refractivity contribution in [2.24, 2.45) is 5.92 Å². The third kappa shape index (κ3) is 5.23. The van der Waals surface area contributed by atoms with Gasteiger partial charge in [0.2, 0.25) is 11.8 Å². The SMILES string of the molecule is Cc1ccc(C[C@H](C)NC(=O)[C@@H]2CC(=O)N(CC(F)(F)F)C2)s1. The molecular formula is C15H19F3N2O2S. The van der Waals surface area contributed by atoms with Gasteiger partial charge in [0.25, 0.3) is 0 Å². The number of thiophene rings is 1. The van der Waals surface area contributed by atoms with E-state index < -0.39 is 24.5 Å². The zero-order valence-corrected chi connectivity index (χ0v) is 13.8. The van der Waals surface area contributed by atoms with Crippen LogP contribution in [0.15, 0.2) is 12.1 Å². The molecule has 2 rings (SSSR count). The van der Waals surface area contributed by atoms with E-state index in [1.165, 1.54) is 4.88 Å². The predicted molar refractivity (Wildman–Crippen MR) is 81.1 cm³/mol. The first-order valence-corrected chi connectivity index (χ1v) is 8.16. The molecule has 0 aliphatic carbocycles. The molecule has 1 fully saturated rings. The van der Waals surface area contributed by atoms with Crippen LogP contribution in [0.4, 0.5) is 13.2 Å². The maximum atomic E-state index is 12.4. The summed E-state index contributed by atoms with van der Waals surface area (Å²) in [6, 6.07) is 3.86. The molecule has 1 aliphatic rings. The van der Waals surface area contributed by atoms with Gasteiger partial charge in [0, 0.05) is 35.2 Å². The van der Waals surface area contributed by atoms with E-state index >= 15 is 0 Å². The lowest BCUT2D eigenvalue weighted by Crippen LogP contribution is -2.40. The summed E-state index contributed by atoms with van der Waals surface area (Å²) >= 11 is 1.64. The summed E-state index contributed by atoms with van der Waals surface area (Å²) in [7, 11) is 0. The fourth-order valence-electron chi connectivity index (χ4n) is 2.63. The van der Waals surface area contributed by atoms with E-state index in [1.807, 2.05) is 26.0 Å². The Kier molecular flexibility index (Phi) is 5.33. The minimum absolute atomic E-state index is 0.132. The Morgan fingerprint density at radius 2 is 2.17 bits per heavy atom. The van der Waals surface area contributed by atoms with Crippen molar-refractivity contribution in [3.8, 4) is 0 Å². The van der Waals surface area contributed by atoms with Crippen LogP contribution in [0.5, 0.6) is 0 Å². The first kappa shape index (κ1) is 17.8. The molecule has 23 heavy (non-hydrogen) atoms. The molecule has 2 atom stereocenters. The van der Waals surface area contributed by atoms with Crippen LogP contribution >= 0.6 is 11.3 Å². The monoisotopic (exact) mass is 348 g/mol. The second kappa shape index (κ2) is 6.90. The number of alkyl halides is 3. The summed E-state index contributed by atoms with van der Waals surface area (Å²) in [6.45, 7) is 2.38. The van der Waals surface area contributed by atoms with Crippen molar-refractivity contribution in [1.82, 2.24) is 10.2 Å². The molecule has 8 heteroatoms. The molecule has 0 unspecified atom stereocenters. The zero-order chi connectivity index (χ0) is 17.2. The number of carbonyl (C=O) groups is 2. The minimum atomic E-state index is -4.44. The summed E-state index contributed by atoms with van der Waals surface area (Å²) in [6.07, 6.45) is -3.94. The van der Waals surface area contributed by atoms with Crippen LogP contribution in [-0.4, -0.2) is 42.0 Å². The fraction of sp³-hybridized carbons (Fsp3) is 0.600. The van der Waals surface area contributed by atoms with Crippen LogP contribution in [0, 0.1) is 12.8 Å². The van der Waals surface area contributed by atoms with Crippen molar-refractivity contribution in [3.63, 3.8) is 0 Å². The number of aryl methyl sites for hydroxylation is 1. The molecular weight excluding hydrogens is 329 g/mol. The Balaban J connectivity index is 1.85. The molecule has 0 radical (unpaired) electrons. The standard InChI is InChI=1S/C15H19F3N2O2S/c1-9(5-12-4-3-10(2)23-12)19-14(22)11-6-13(21)20(7-11)8-15(16,17)18/h3-4,9,11H,5-8H2,1-2H3,(H,19,22)/t9-,11+/m0/s1. The topological polar surface area (TPSA) is 49.4 Å². The van der Waals surface area contributed by atoms with Gasteiger partial charge in [-0.2, -0.15) is 13.2 Å². The molecule has 0 saturated carbocycles. The second-order valence-corrected chi connectivity index (χ2v) is 7.29. The maximum Gasteiger partial charge on any atom is 0.406 e. The van der Waals surface area contributed by atoms with Crippen LogP contribution in [0.3, 0.4) is 0 Å². The molecule has 2 heterocycles. The van der Waals surface area contributed by atoms with E-state index in [1.54, 1.807) is 11.3 Å². The molecule has 0 aromatic carbocycles. The smallest absolute Gasteiger partial charge is 0.353 e. The average Bonchev–Trinajstić information content (AvgIpc) is 2.95. The summed E-state index contributed by atoms with van der Waals surface area (Å²) < 4.78 is 37.1. The number of nitrogens with one attached hydrogen (secondary N) is 1. The zero-order valence-electron chi connectivity index (χ0n) is 12.9. The molecule has 1 aromatic rings. The lowest BCUT2D eigenvalue weighted by molar-refractivity contribution is -0.157. The number of rotatable bonds is 5. The average molecular weight is 348 g/mol. The second-order valence-electron chi connectivity index (χ2n) is 5.92. The van der Waals surface area contributed by atoms with Gasteiger partial charge in [0.15, 0.2) is 0 Å². The molecule has 1 N–H and O–H groups in total. The van der Waals surface area contributed by atoms with Gasteiger partial charge in [-0.15, -0.1) is 11.3 Å². The Bertz CT molecular complexity index is 586. The van der Waals surface area contributed by atoms with Gasteiger partial charge in [0.1, 0.15) is 6.54 Å². The number of likely N-dealkylation sites (tertiary alicyclic amines) is 1. The number of amides is 2. The summed E-state index contributed by atoms with van der Waals surface area (Å²) in [5.74, 6) is -1.69. The first-order chi connectivity index (χ1) is 10.6. The maximum absolute atomic E-state index is 12.4. The molecule has 128 valence electrons. The third-order valence-electron chi connectivity index (χ3n) is 3.65. The largest absolute Gasteiger partial charge is 0.406 e. The third-order valence-corrected chi connectivity index (χ3v) is 4.67. The highest BCUT2D eigenvalue weighted by Crippen LogP contribution is 2.24. The Hall–Kier alpha value is -1.57. The van der Waals surface area contributed by atoms with Crippen molar-refractivity contribution in [2.75, 3.05) is 13.1 Å². The molecule has 0 spiro atoms. The quantitative estimate of drug-likeness (QED) is 0.889. The number of nitrogens with zero attached hydrogens (tertiary/aromatic N) is 1. The highest BCUT2D eigenvalue weighted by molar-refractivity contribution is 7.11. The van der Waals surface area contributed by atoms with Crippen LogP contribution in [0.25, 0.3) is 0 Å². The summed E-state index contributed by atoms with van der Waals surface area (Å²) in [5, 5.41) is 2.79. The van der Waals surface area contributed by atoms with E-state index in [4.69, 9.17) is 0 Å². The van der Waals surface area contributed by atoms with Crippen LogP contribution in [-0.2, 0) is 16.0 Å². The van der Waals surface area contributed by atoms with Gasteiger partial charge in [-0.25, -0.2) is 0 Å². The Morgan fingerprint density at radius 1 is 1.48 bits per heavy atom. The van der Waals surface area contributed by atoms with Gasteiger partial charge >= 0.3 is 6.18 Å². The molecule has 1 aromatic heterocycles. The van der Waals surface area contributed by atoms with Crippen molar-refractivity contribution < 1.29 is 22.8 Å². The van der Waals surface area contributed by atoms with Gasteiger partial charge in [-0.1, -0.05) is 0 Å². The summed E-state index contributed by atoms with van der Waals surface area (Å²) in [5.41, 5.74) is 0. The predicted octanol–water partition coefficient (Wildman–Crippen LogP) is 2.51. The number of hydrogen-bond donors (Lipinski definition) is 1. The molecule has 1 aliphatic heterocycles. The minimum Gasteiger partial charge on any atom is -0.353 e. The Morgan fingerprint density at radius 3 is 2.74 bits per heavy atom. The van der Waals surface area contributed by atoms with Crippen molar-refractivity contribution in [2.45, 2.75) is 38.9 Å². The highest BCUT2D eigenvalue weighted by atomic mass is 32.1. The van der Waals surface area contributed by atoms with Gasteiger partial charge in [-0.05, 0) is 26.0 Å². The normalized spacial score (nSPS) is 20.0. The number of hydrogen-bond acceptors (Lipinski definition) is 3. The van der Waals surface area contributed by atoms with E-state index in [0.29, 0.717) is 11.3 Å². The van der Waals surface area contributed by atoms with Crippen LogP contribution < -0.4 is 5.32 Å². The lowest BCUT2D eigenvalue weighted by Gasteiger charge is -2.19. The van der Waals surface area contributed by atoms with Gasteiger partial charge in [0.05, 0.1) is 5.92 Å². The molecule has 1 saturated heterocycles.